The van der Waals surface area contributed by atoms with Gasteiger partial charge in [-0.15, -0.1) is 0 Å². The first-order valence-corrected chi connectivity index (χ1v) is 6.62. The van der Waals surface area contributed by atoms with Crippen molar-refractivity contribution in [1.29, 1.82) is 0 Å². The molecule has 2 aromatic rings. The summed E-state index contributed by atoms with van der Waals surface area (Å²) in [4.78, 5) is 4.09. The van der Waals surface area contributed by atoms with Crippen LogP contribution in [0.15, 0.2) is 42.7 Å². The second kappa shape index (κ2) is 6.47. The summed E-state index contributed by atoms with van der Waals surface area (Å²) in [5.41, 5.74) is 1.51. The zero-order chi connectivity index (χ0) is 15.3. The van der Waals surface area contributed by atoms with E-state index in [4.69, 9.17) is 0 Å². The van der Waals surface area contributed by atoms with Gasteiger partial charge in [-0.1, -0.05) is 6.92 Å². The number of benzene rings is 1. The molecule has 21 heavy (non-hydrogen) atoms. The maximum Gasteiger partial charge on any atom is 0.416 e. The highest BCUT2D eigenvalue weighted by atomic mass is 19.4. The van der Waals surface area contributed by atoms with Gasteiger partial charge in [0.2, 0.25) is 0 Å². The van der Waals surface area contributed by atoms with Gasteiger partial charge in [0.1, 0.15) is 0 Å². The van der Waals surface area contributed by atoms with Crippen LogP contribution in [-0.2, 0) is 6.18 Å². The third-order valence-electron chi connectivity index (χ3n) is 2.82. The summed E-state index contributed by atoms with van der Waals surface area (Å²) in [6.45, 7) is 2.90. The van der Waals surface area contributed by atoms with Crippen LogP contribution in [0.2, 0.25) is 0 Å². The lowest BCUT2D eigenvalue weighted by molar-refractivity contribution is -0.137. The second-order valence-corrected chi connectivity index (χ2v) is 4.59. The van der Waals surface area contributed by atoms with Crippen LogP contribution in [0.4, 0.5) is 30.2 Å². The molecule has 0 radical (unpaired) electrons. The van der Waals surface area contributed by atoms with Crippen LogP contribution in [0.5, 0.6) is 0 Å². The lowest BCUT2D eigenvalue weighted by atomic mass is 10.2. The Balaban J connectivity index is 2.07. The van der Waals surface area contributed by atoms with Gasteiger partial charge in [-0.05, 0) is 36.8 Å². The monoisotopic (exact) mass is 295 g/mol. The van der Waals surface area contributed by atoms with E-state index in [1.807, 2.05) is 6.07 Å². The lowest BCUT2D eigenvalue weighted by Gasteiger charge is -2.11. The van der Waals surface area contributed by atoms with Crippen molar-refractivity contribution >= 4 is 17.1 Å². The highest BCUT2D eigenvalue weighted by Gasteiger charge is 2.29. The van der Waals surface area contributed by atoms with Gasteiger partial charge >= 0.3 is 6.18 Å². The molecule has 0 aliphatic heterocycles. The van der Waals surface area contributed by atoms with Gasteiger partial charge in [-0.2, -0.15) is 13.2 Å². The smallest absolute Gasteiger partial charge is 0.384 e. The molecule has 0 fully saturated rings. The standard InChI is InChI=1S/C15H16F3N3/c1-2-7-20-13-8-14(10-19-9-13)21-12-5-3-11(4-6-12)15(16,17)18/h3-6,8-10,20-21H,2,7H2,1H3. The van der Waals surface area contributed by atoms with E-state index >= 15 is 0 Å². The van der Waals surface area contributed by atoms with Crippen molar-refractivity contribution in [2.75, 3.05) is 17.2 Å². The SMILES string of the molecule is CCCNc1cncc(Nc2ccc(C(F)(F)F)cc2)c1. The molecule has 0 saturated carbocycles. The molecule has 0 atom stereocenters. The summed E-state index contributed by atoms with van der Waals surface area (Å²) in [7, 11) is 0. The molecule has 1 heterocycles. The van der Waals surface area contributed by atoms with Crippen molar-refractivity contribution < 1.29 is 13.2 Å². The highest BCUT2D eigenvalue weighted by Crippen LogP contribution is 2.30. The fourth-order valence-electron chi connectivity index (χ4n) is 1.78. The Hall–Kier alpha value is -2.24. The Bertz CT molecular complexity index is 579. The number of rotatable bonds is 5. The van der Waals surface area contributed by atoms with Crippen LogP contribution < -0.4 is 10.6 Å². The molecule has 0 aliphatic rings. The van der Waals surface area contributed by atoms with Crippen LogP contribution in [0, 0.1) is 0 Å². The molecule has 2 rings (SSSR count). The van der Waals surface area contributed by atoms with E-state index in [1.165, 1.54) is 12.1 Å². The fourth-order valence-corrected chi connectivity index (χ4v) is 1.78. The van der Waals surface area contributed by atoms with Crippen LogP contribution in [0.1, 0.15) is 18.9 Å². The lowest BCUT2D eigenvalue weighted by Crippen LogP contribution is -2.04. The molecule has 1 aromatic heterocycles. The first-order chi connectivity index (χ1) is 9.99. The van der Waals surface area contributed by atoms with Crippen molar-refractivity contribution in [3.8, 4) is 0 Å². The summed E-state index contributed by atoms with van der Waals surface area (Å²) >= 11 is 0. The quantitative estimate of drug-likeness (QED) is 0.842. The minimum absolute atomic E-state index is 0.581. The number of anilines is 3. The third kappa shape index (κ3) is 4.37. The van der Waals surface area contributed by atoms with Gasteiger partial charge in [-0.3, -0.25) is 4.98 Å². The molecular formula is C15H16F3N3. The Morgan fingerprint density at radius 3 is 2.29 bits per heavy atom. The van der Waals surface area contributed by atoms with Gasteiger partial charge in [-0.25, -0.2) is 0 Å². The molecule has 0 bridgehead atoms. The molecule has 1 aromatic carbocycles. The predicted octanol–water partition coefficient (Wildman–Crippen LogP) is 4.67. The number of hydrogen-bond acceptors (Lipinski definition) is 3. The summed E-state index contributed by atoms with van der Waals surface area (Å²) in [6, 6.07) is 6.76. The number of pyridine rings is 1. The number of nitrogens with one attached hydrogen (secondary N) is 2. The maximum absolute atomic E-state index is 12.5. The summed E-state index contributed by atoms with van der Waals surface area (Å²) in [5, 5.41) is 6.23. The highest BCUT2D eigenvalue weighted by molar-refractivity contribution is 5.63. The van der Waals surface area contributed by atoms with E-state index < -0.39 is 11.7 Å². The number of halogens is 3. The number of aromatic nitrogens is 1. The van der Waals surface area contributed by atoms with Crippen LogP contribution in [-0.4, -0.2) is 11.5 Å². The summed E-state index contributed by atoms with van der Waals surface area (Å²) < 4.78 is 37.4. The van der Waals surface area contributed by atoms with Crippen molar-refractivity contribution in [3.05, 3.63) is 48.3 Å². The van der Waals surface area contributed by atoms with Gasteiger partial charge < -0.3 is 10.6 Å². The average molecular weight is 295 g/mol. The molecule has 0 spiro atoms. The average Bonchev–Trinajstić information content (AvgIpc) is 2.45. The Morgan fingerprint density at radius 1 is 1.00 bits per heavy atom. The largest absolute Gasteiger partial charge is 0.416 e. The number of hydrogen-bond donors (Lipinski definition) is 2. The van der Waals surface area contributed by atoms with Crippen molar-refractivity contribution in [3.63, 3.8) is 0 Å². The fraction of sp³-hybridized carbons (Fsp3) is 0.267. The molecule has 6 heteroatoms. The predicted molar refractivity (Wildman–Crippen MR) is 77.7 cm³/mol. The Kier molecular flexibility index (Phi) is 4.67. The van der Waals surface area contributed by atoms with E-state index in [0.717, 1.165) is 36.5 Å². The van der Waals surface area contributed by atoms with E-state index in [0.29, 0.717) is 5.69 Å². The van der Waals surface area contributed by atoms with E-state index in [-0.39, 0.29) is 0 Å². The van der Waals surface area contributed by atoms with E-state index in [1.54, 1.807) is 12.4 Å². The third-order valence-corrected chi connectivity index (χ3v) is 2.82. The molecule has 0 aliphatic carbocycles. The molecule has 0 amide bonds. The summed E-state index contributed by atoms with van der Waals surface area (Å²) in [5.74, 6) is 0. The minimum atomic E-state index is -4.32. The number of nitrogens with zero attached hydrogens (tertiary/aromatic N) is 1. The topological polar surface area (TPSA) is 37.0 Å². The first kappa shape index (κ1) is 15.2. The molecule has 0 unspecified atom stereocenters. The van der Waals surface area contributed by atoms with Gasteiger partial charge in [0.15, 0.2) is 0 Å². The van der Waals surface area contributed by atoms with Gasteiger partial charge in [0.25, 0.3) is 0 Å². The van der Waals surface area contributed by atoms with E-state index in [2.05, 4.69) is 22.5 Å². The number of alkyl halides is 3. The van der Waals surface area contributed by atoms with Crippen LogP contribution in [0.3, 0.4) is 0 Å². The van der Waals surface area contributed by atoms with E-state index in [9.17, 15) is 13.2 Å². The van der Waals surface area contributed by atoms with Crippen LogP contribution >= 0.6 is 0 Å². The molecule has 2 N–H and O–H groups in total. The normalized spacial score (nSPS) is 11.2. The molecular weight excluding hydrogens is 279 g/mol. The minimum Gasteiger partial charge on any atom is -0.384 e. The zero-order valence-corrected chi connectivity index (χ0v) is 11.5. The van der Waals surface area contributed by atoms with Crippen LogP contribution in [0.25, 0.3) is 0 Å². The van der Waals surface area contributed by atoms with Crippen molar-refractivity contribution in [2.24, 2.45) is 0 Å². The maximum atomic E-state index is 12.5. The molecule has 3 nitrogen and oxygen atoms in total. The summed E-state index contributed by atoms with van der Waals surface area (Å²) in [6.07, 6.45) is 0.00300. The Labute approximate surface area is 121 Å². The van der Waals surface area contributed by atoms with Gasteiger partial charge in [0, 0.05) is 12.2 Å². The molecule has 112 valence electrons. The van der Waals surface area contributed by atoms with Crippen molar-refractivity contribution in [1.82, 2.24) is 4.98 Å². The van der Waals surface area contributed by atoms with Gasteiger partial charge in [0.05, 0.1) is 29.3 Å². The zero-order valence-electron chi connectivity index (χ0n) is 11.5. The Morgan fingerprint density at radius 2 is 1.67 bits per heavy atom. The van der Waals surface area contributed by atoms with Crippen molar-refractivity contribution in [2.45, 2.75) is 19.5 Å². The first-order valence-electron chi connectivity index (χ1n) is 6.62. The second-order valence-electron chi connectivity index (χ2n) is 4.59. The molecule has 0 saturated heterocycles.